The largest absolute Gasteiger partial charge is 0.495 e. The average Bonchev–Trinajstić information content (AvgIpc) is 3.34. The van der Waals surface area contributed by atoms with Crippen molar-refractivity contribution in [2.24, 2.45) is 0 Å². The number of fused-ring (bicyclic) bond motifs is 1. The van der Waals surface area contributed by atoms with E-state index in [-0.39, 0.29) is 11.5 Å². The Morgan fingerprint density at radius 2 is 1.97 bits per heavy atom. The summed E-state index contributed by atoms with van der Waals surface area (Å²) in [6, 6.07) is 16.2. The van der Waals surface area contributed by atoms with Crippen LogP contribution in [0, 0.1) is 6.92 Å². The van der Waals surface area contributed by atoms with Crippen LogP contribution in [0.3, 0.4) is 0 Å². The number of ether oxygens (including phenoxy) is 1. The van der Waals surface area contributed by atoms with Gasteiger partial charge in [-0.25, -0.2) is 4.98 Å². The number of hydrogen-bond donors (Lipinski definition) is 0. The van der Waals surface area contributed by atoms with Gasteiger partial charge in [-0.2, -0.15) is 0 Å². The molecule has 0 radical (unpaired) electrons. The van der Waals surface area contributed by atoms with E-state index >= 15 is 0 Å². The number of para-hydroxylation sites is 1. The van der Waals surface area contributed by atoms with Gasteiger partial charge in [0.25, 0.3) is 11.5 Å². The van der Waals surface area contributed by atoms with Gasteiger partial charge in [-0.3, -0.25) is 14.2 Å². The smallest absolute Gasteiger partial charge is 0.266 e. The van der Waals surface area contributed by atoms with Crippen LogP contribution in [-0.2, 0) is 0 Å². The van der Waals surface area contributed by atoms with Gasteiger partial charge >= 0.3 is 0 Å². The Bertz CT molecular complexity index is 1330. The minimum Gasteiger partial charge on any atom is -0.495 e. The third-order valence-corrected chi connectivity index (χ3v) is 6.41. The third-order valence-electron chi connectivity index (χ3n) is 5.55. The molecule has 0 aliphatic rings. The number of carbonyl (C=O) groups is 1. The quantitative estimate of drug-likeness (QED) is 0.418. The van der Waals surface area contributed by atoms with E-state index in [9.17, 15) is 9.59 Å². The minimum absolute atomic E-state index is 0.0832. The standard InChI is InChI=1S/C25H25N3O3S/c1-5-27(25(30)22-11-8-14-32-22)17(3)23-26-19-10-7-6-9-18(19)24(29)28(23)20-15-16(2)12-13-21(20)31-4/h6-15,17H,5H2,1-4H3. The van der Waals surface area contributed by atoms with Gasteiger partial charge in [-0.15, -0.1) is 11.3 Å². The molecule has 2 heterocycles. The zero-order chi connectivity index (χ0) is 22.8. The molecule has 0 aliphatic carbocycles. The fourth-order valence-corrected chi connectivity index (χ4v) is 4.59. The van der Waals surface area contributed by atoms with Crippen LogP contribution in [0.2, 0.25) is 0 Å². The summed E-state index contributed by atoms with van der Waals surface area (Å²) in [6.45, 7) is 6.28. The molecule has 2 aromatic heterocycles. The summed E-state index contributed by atoms with van der Waals surface area (Å²) >= 11 is 1.40. The second-order valence-electron chi connectivity index (χ2n) is 7.55. The number of benzene rings is 2. The van der Waals surface area contributed by atoms with E-state index in [4.69, 9.17) is 9.72 Å². The van der Waals surface area contributed by atoms with Crippen molar-refractivity contribution in [3.05, 3.63) is 86.6 Å². The van der Waals surface area contributed by atoms with Crippen LogP contribution >= 0.6 is 11.3 Å². The molecule has 0 saturated heterocycles. The number of nitrogens with zero attached hydrogens (tertiary/aromatic N) is 3. The molecule has 1 atom stereocenters. The predicted octanol–water partition coefficient (Wildman–Crippen LogP) is 4.99. The van der Waals surface area contributed by atoms with E-state index in [1.165, 1.54) is 11.3 Å². The molecule has 0 fully saturated rings. The maximum absolute atomic E-state index is 13.7. The Morgan fingerprint density at radius 1 is 1.19 bits per heavy atom. The van der Waals surface area contributed by atoms with E-state index in [1.807, 2.05) is 74.7 Å². The molecule has 164 valence electrons. The number of aromatic nitrogens is 2. The molecule has 4 rings (SSSR count). The second-order valence-corrected chi connectivity index (χ2v) is 8.50. The first-order valence-electron chi connectivity index (χ1n) is 10.5. The second kappa shape index (κ2) is 8.96. The zero-order valence-corrected chi connectivity index (χ0v) is 19.3. The number of thiophene rings is 1. The normalized spacial score (nSPS) is 12.0. The van der Waals surface area contributed by atoms with Crippen LogP contribution in [0.25, 0.3) is 16.6 Å². The number of amides is 1. The van der Waals surface area contributed by atoms with E-state index < -0.39 is 6.04 Å². The first-order valence-corrected chi connectivity index (χ1v) is 11.4. The van der Waals surface area contributed by atoms with Crippen molar-refractivity contribution in [3.8, 4) is 11.4 Å². The Kier molecular flexibility index (Phi) is 6.10. The van der Waals surface area contributed by atoms with Crippen molar-refractivity contribution in [1.29, 1.82) is 0 Å². The van der Waals surface area contributed by atoms with Crippen LogP contribution in [0.15, 0.2) is 64.8 Å². The van der Waals surface area contributed by atoms with E-state index in [1.54, 1.807) is 22.6 Å². The van der Waals surface area contributed by atoms with Gasteiger partial charge in [0.1, 0.15) is 11.6 Å². The highest BCUT2D eigenvalue weighted by Crippen LogP contribution is 2.29. The molecule has 0 spiro atoms. The van der Waals surface area contributed by atoms with Crippen molar-refractivity contribution in [1.82, 2.24) is 14.5 Å². The molecule has 2 aromatic carbocycles. The lowest BCUT2D eigenvalue weighted by molar-refractivity contribution is 0.0698. The highest BCUT2D eigenvalue weighted by Gasteiger charge is 2.27. The maximum Gasteiger partial charge on any atom is 0.266 e. The van der Waals surface area contributed by atoms with Gasteiger partial charge < -0.3 is 9.64 Å². The fourth-order valence-electron chi connectivity index (χ4n) is 3.91. The van der Waals surface area contributed by atoms with Crippen molar-refractivity contribution < 1.29 is 9.53 Å². The summed E-state index contributed by atoms with van der Waals surface area (Å²) in [7, 11) is 1.58. The lowest BCUT2D eigenvalue weighted by atomic mass is 10.1. The summed E-state index contributed by atoms with van der Waals surface area (Å²) in [5.41, 5.74) is 2.00. The number of hydrogen-bond acceptors (Lipinski definition) is 5. The maximum atomic E-state index is 13.7. The highest BCUT2D eigenvalue weighted by molar-refractivity contribution is 7.12. The van der Waals surface area contributed by atoms with Crippen molar-refractivity contribution >= 4 is 28.1 Å². The lowest BCUT2D eigenvalue weighted by Crippen LogP contribution is -2.37. The lowest BCUT2D eigenvalue weighted by Gasteiger charge is -2.29. The molecule has 0 N–H and O–H groups in total. The molecular weight excluding hydrogens is 422 g/mol. The zero-order valence-electron chi connectivity index (χ0n) is 18.5. The average molecular weight is 448 g/mol. The van der Waals surface area contributed by atoms with Gasteiger partial charge in [0, 0.05) is 6.54 Å². The van der Waals surface area contributed by atoms with Gasteiger partial charge in [-0.05, 0) is 62.0 Å². The van der Waals surface area contributed by atoms with E-state index in [0.717, 1.165) is 5.56 Å². The molecule has 32 heavy (non-hydrogen) atoms. The molecule has 6 nitrogen and oxygen atoms in total. The van der Waals surface area contributed by atoms with Crippen LogP contribution in [0.5, 0.6) is 5.75 Å². The van der Waals surface area contributed by atoms with Crippen LogP contribution in [0.4, 0.5) is 0 Å². The predicted molar refractivity (Wildman–Crippen MR) is 128 cm³/mol. The monoisotopic (exact) mass is 447 g/mol. The van der Waals surface area contributed by atoms with Crippen molar-refractivity contribution in [2.45, 2.75) is 26.8 Å². The Labute approximate surface area is 190 Å². The van der Waals surface area contributed by atoms with E-state index in [2.05, 4.69) is 0 Å². The minimum atomic E-state index is -0.447. The van der Waals surface area contributed by atoms with E-state index in [0.29, 0.717) is 39.6 Å². The molecule has 4 aromatic rings. The fraction of sp³-hybridized carbons (Fsp3) is 0.240. The Balaban J connectivity index is 1.98. The van der Waals surface area contributed by atoms with Crippen molar-refractivity contribution in [3.63, 3.8) is 0 Å². The molecule has 7 heteroatoms. The number of methoxy groups -OCH3 is 1. The Morgan fingerprint density at radius 3 is 2.66 bits per heavy atom. The van der Waals surface area contributed by atoms with Crippen LogP contribution in [-0.4, -0.2) is 34.0 Å². The summed E-state index contributed by atoms with van der Waals surface area (Å²) in [4.78, 5) is 34.2. The highest BCUT2D eigenvalue weighted by atomic mass is 32.1. The van der Waals surface area contributed by atoms with Crippen molar-refractivity contribution in [2.75, 3.05) is 13.7 Å². The van der Waals surface area contributed by atoms with Crippen LogP contribution < -0.4 is 10.3 Å². The summed E-state index contributed by atoms with van der Waals surface area (Å²) in [6.07, 6.45) is 0. The van der Waals surface area contributed by atoms with Gasteiger partial charge in [0.15, 0.2) is 0 Å². The SMILES string of the molecule is CCN(C(=O)c1cccs1)C(C)c1nc2ccccc2c(=O)n1-c1cc(C)ccc1OC. The number of rotatable bonds is 6. The molecule has 1 amide bonds. The third kappa shape index (κ3) is 3.80. The summed E-state index contributed by atoms with van der Waals surface area (Å²) < 4.78 is 7.17. The summed E-state index contributed by atoms with van der Waals surface area (Å²) in [5, 5.41) is 2.40. The van der Waals surface area contributed by atoms with Gasteiger partial charge in [0.05, 0.1) is 34.6 Å². The number of aryl methyl sites for hydroxylation is 1. The van der Waals surface area contributed by atoms with Crippen LogP contribution in [0.1, 0.15) is 40.9 Å². The first kappa shape index (κ1) is 21.8. The molecule has 0 bridgehead atoms. The van der Waals surface area contributed by atoms with Gasteiger partial charge in [0.2, 0.25) is 0 Å². The molecular formula is C25H25N3O3S. The number of carbonyl (C=O) groups excluding carboxylic acids is 1. The summed E-state index contributed by atoms with van der Waals surface area (Å²) in [5.74, 6) is 0.973. The van der Waals surface area contributed by atoms with Gasteiger partial charge in [-0.1, -0.05) is 24.3 Å². The topological polar surface area (TPSA) is 64.4 Å². The first-order chi connectivity index (χ1) is 15.5. The Hall–Kier alpha value is -3.45. The molecule has 1 unspecified atom stereocenters. The molecule has 0 saturated carbocycles. The molecule has 0 aliphatic heterocycles.